The Morgan fingerprint density at radius 2 is 2.08 bits per heavy atom. The van der Waals surface area contributed by atoms with E-state index in [1.54, 1.807) is 0 Å². The number of phenolic OH excluding ortho intramolecular Hbond substituents is 2. The first-order valence-electron chi connectivity index (χ1n) is 3.57. The average Bonchev–Trinajstić information content (AvgIpc) is 2.11. The second-order valence-corrected chi connectivity index (χ2v) is 2.53. The summed E-state index contributed by atoms with van der Waals surface area (Å²) in [5.74, 6) is -1.11. The highest BCUT2D eigenvalue weighted by Crippen LogP contribution is 2.24. The lowest BCUT2D eigenvalue weighted by atomic mass is 10.1. The van der Waals surface area contributed by atoms with E-state index in [-0.39, 0.29) is 17.9 Å². The Kier molecular flexibility index (Phi) is 2.50. The van der Waals surface area contributed by atoms with Crippen LogP contribution in [0.2, 0.25) is 0 Å². The topological polar surface area (TPSA) is 81.3 Å². The molecule has 0 bridgehead atoms. The van der Waals surface area contributed by atoms with Gasteiger partial charge in [0.25, 0.3) is 0 Å². The average molecular weight is 177 g/mol. The Balaban J connectivity index is 2.87. The van der Waals surface area contributed by atoms with Crippen LogP contribution in [0.25, 0.3) is 0 Å². The van der Waals surface area contributed by atoms with Crippen LogP contribution >= 0.6 is 0 Å². The fourth-order valence-corrected chi connectivity index (χ4v) is 0.904. The first-order valence-corrected chi connectivity index (χ1v) is 3.57. The minimum Gasteiger partial charge on any atom is -0.504 e. The van der Waals surface area contributed by atoms with Crippen LogP contribution in [0.3, 0.4) is 0 Å². The fourth-order valence-electron chi connectivity index (χ4n) is 0.904. The highest BCUT2D eigenvalue weighted by Gasteiger charge is 2.04. The van der Waals surface area contributed by atoms with Crippen molar-refractivity contribution in [1.82, 2.24) is 0 Å². The van der Waals surface area contributed by atoms with E-state index in [2.05, 4.69) is 0 Å². The molecule has 4 nitrogen and oxygen atoms in total. The predicted octanol–water partition coefficient (Wildman–Crippen LogP) is 0.733. The summed E-state index contributed by atoms with van der Waals surface area (Å²) in [5.41, 5.74) is 0.502. The number of phenols is 2. The maximum absolute atomic E-state index is 10.7. The summed E-state index contributed by atoms with van der Waals surface area (Å²) in [6.07, 6.45) is -0.0513. The summed E-state index contributed by atoms with van der Waals surface area (Å²) >= 11 is 0. The zero-order valence-electron chi connectivity index (χ0n) is 6.69. The molecule has 1 rings (SSSR count). The number of Topliss-reactive ketones (excluding diaryl/α,β-unsaturated/α-hetero) is 1. The minimum atomic E-state index is -0.579. The van der Waals surface area contributed by atoms with Gasteiger partial charge in [0.15, 0.2) is 11.5 Å². The molecule has 0 amide bonds. The van der Waals surface area contributed by atoms with E-state index in [1.807, 2.05) is 0 Å². The smallest absolute Gasteiger partial charge is 0.236 e. The SMILES string of the molecule is N#CC(=O)Cc1ccc(O)c(O)c1. The maximum atomic E-state index is 10.7. The molecule has 0 heterocycles. The van der Waals surface area contributed by atoms with Gasteiger partial charge in [-0.25, -0.2) is 0 Å². The molecule has 0 atom stereocenters. The summed E-state index contributed by atoms with van der Waals surface area (Å²) in [4.78, 5) is 10.7. The molecular formula is C9H7NO3. The van der Waals surface area contributed by atoms with Gasteiger partial charge >= 0.3 is 0 Å². The molecule has 1 aromatic rings. The van der Waals surface area contributed by atoms with Gasteiger partial charge in [0.1, 0.15) is 6.07 Å². The number of aromatic hydroxyl groups is 2. The van der Waals surface area contributed by atoms with Gasteiger partial charge in [0.2, 0.25) is 5.78 Å². The van der Waals surface area contributed by atoms with Crippen LogP contribution in [0.1, 0.15) is 5.56 Å². The summed E-state index contributed by atoms with van der Waals surface area (Å²) < 4.78 is 0. The van der Waals surface area contributed by atoms with Gasteiger partial charge in [0, 0.05) is 6.42 Å². The van der Waals surface area contributed by atoms with Crippen molar-refractivity contribution in [3.63, 3.8) is 0 Å². The Morgan fingerprint density at radius 3 is 2.62 bits per heavy atom. The predicted molar refractivity (Wildman–Crippen MR) is 44.1 cm³/mol. The summed E-state index contributed by atoms with van der Waals surface area (Å²) in [6.45, 7) is 0. The van der Waals surface area contributed by atoms with E-state index in [9.17, 15) is 4.79 Å². The minimum absolute atomic E-state index is 0.0513. The fraction of sp³-hybridized carbons (Fsp3) is 0.111. The van der Waals surface area contributed by atoms with Crippen molar-refractivity contribution in [3.8, 4) is 17.6 Å². The Morgan fingerprint density at radius 1 is 1.38 bits per heavy atom. The van der Waals surface area contributed by atoms with E-state index >= 15 is 0 Å². The lowest BCUT2D eigenvalue weighted by molar-refractivity contribution is -0.113. The van der Waals surface area contributed by atoms with Crippen LogP contribution in [0.5, 0.6) is 11.5 Å². The van der Waals surface area contributed by atoms with Crippen molar-refractivity contribution >= 4 is 5.78 Å². The lowest BCUT2D eigenvalue weighted by Crippen LogP contribution is -1.97. The number of benzene rings is 1. The van der Waals surface area contributed by atoms with Crippen LogP contribution in [-0.4, -0.2) is 16.0 Å². The molecule has 0 aromatic heterocycles. The van der Waals surface area contributed by atoms with Crippen LogP contribution in [0.15, 0.2) is 18.2 Å². The van der Waals surface area contributed by atoms with Gasteiger partial charge in [-0.1, -0.05) is 6.07 Å². The van der Waals surface area contributed by atoms with Crippen molar-refractivity contribution in [1.29, 1.82) is 5.26 Å². The Hall–Kier alpha value is -2.02. The molecule has 13 heavy (non-hydrogen) atoms. The van der Waals surface area contributed by atoms with Gasteiger partial charge in [-0.2, -0.15) is 5.26 Å². The van der Waals surface area contributed by atoms with Gasteiger partial charge in [-0.15, -0.1) is 0 Å². The third-order valence-electron chi connectivity index (χ3n) is 1.53. The lowest BCUT2D eigenvalue weighted by Gasteiger charge is -1.99. The number of rotatable bonds is 2. The van der Waals surface area contributed by atoms with Crippen LogP contribution in [0.4, 0.5) is 0 Å². The van der Waals surface area contributed by atoms with E-state index in [4.69, 9.17) is 15.5 Å². The molecule has 0 spiro atoms. The summed E-state index contributed by atoms with van der Waals surface area (Å²) in [6, 6.07) is 5.47. The Labute approximate surface area is 74.7 Å². The van der Waals surface area contributed by atoms with Crippen molar-refractivity contribution in [2.24, 2.45) is 0 Å². The molecule has 0 unspecified atom stereocenters. The molecule has 0 saturated heterocycles. The normalized spacial score (nSPS) is 9.15. The monoisotopic (exact) mass is 177 g/mol. The van der Waals surface area contributed by atoms with Crippen LogP contribution in [-0.2, 0) is 11.2 Å². The first kappa shape index (κ1) is 9.07. The van der Waals surface area contributed by atoms with E-state index in [0.29, 0.717) is 5.56 Å². The van der Waals surface area contributed by atoms with Crippen molar-refractivity contribution < 1.29 is 15.0 Å². The number of carbonyl (C=O) groups is 1. The number of nitrogens with zero attached hydrogens (tertiary/aromatic N) is 1. The molecule has 2 N–H and O–H groups in total. The zero-order chi connectivity index (χ0) is 9.84. The first-order chi connectivity index (χ1) is 6.13. The molecule has 0 fully saturated rings. The van der Waals surface area contributed by atoms with Crippen molar-refractivity contribution in [2.75, 3.05) is 0 Å². The second-order valence-electron chi connectivity index (χ2n) is 2.53. The largest absolute Gasteiger partial charge is 0.504 e. The Bertz CT molecular complexity index is 379. The molecule has 1 aromatic carbocycles. The van der Waals surface area contributed by atoms with Crippen molar-refractivity contribution in [2.45, 2.75) is 6.42 Å². The van der Waals surface area contributed by atoms with Gasteiger partial charge in [0.05, 0.1) is 0 Å². The molecule has 0 aliphatic carbocycles. The highest BCUT2D eigenvalue weighted by atomic mass is 16.3. The van der Waals surface area contributed by atoms with Crippen LogP contribution < -0.4 is 0 Å². The van der Waals surface area contributed by atoms with Crippen LogP contribution in [0, 0.1) is 11.3 Å². The number of nitriles is 1. The molecule has 0 saturated carbocycles. The standard InChI is InChI=1S/C9H7NO3/c10-5-7(11)3-6-1-2-8(12)9(13)4-6/h1-2,4,12-13H,3H2. The highest BCUT2D eigenvalue weighted by molar-refractivity contribution is 5.94. The molecule has 4 heteroatoms. The number of hydrogen-bond donors (Lipinski definition) is 2. The third-order valence-corrected chi connectivity index (χ3v) is 1.53. The molecular weight excluding hydrogens is 170 g/mol. The van der Waals surface area contributed by atoms with Crippen molar-refractivity contribution in [3.05, 3.63) is 23.8 Å². The zero-order valence-corrected chi connectivity index (χ0v) is 6.69. The van der Waals surface area contributed by atoms with E-state index < -0.39 is 5.78 Å². The molecule has 0 aliphatic rings. The number of carbonyl (C=O) groups excluding carboxylic acids is 1. The summed E-state index contributed by atoms with van der Waals surface area (Å²) in [5, 5.41) is 26.2. The molecule has 0 aliphatic heterocycles. The molecule has 0 radical (unpaired) electrons. The van der Waals surface area contributed by atoms with E-state index in [0.717, 1.165) is 0 Å². The third kappa shape index (κ3) is 2.20. The number of ketones is 1. The van der Waals surface area contributed by atoms with Gasteiger partial charge in [-0.05, 0) is 17.7 Å². The summed E-state index contributed by atoms with van der Waals surface area (Å²) in [7, 11) is 0. The van der Waals surface area contributed by atoms with E-state index in [1.165, 1.54) is 24.3 Å². The quantitative estimate of drug-likeness (QED) is 0.515. The van der Waals surface area contributed by atoms with Gasteiger partial charge in [-0.3, -0.25) is 4.79 Å². The maximum Gasteiger partial charge on any atom is 0.236 e. The molecule has 66 valence electrons. The second kappa shape index (κ2) is 3.59. The van der Waals surface area contributed by atoms with Gasteiger partial charge < -0.3 is 10.2 Å². The number of hydrogen-bond acceptors (Lipinski definition) is 4.